The molecule has 77 heavy (non-hydrogen) atoms. The lowest BCUT2D eigenvalue weighted by Gasteiger charge is -2.58. The fourth-order valence-electron chi connectivity index (χ4n) is 12.8. The molecule has 3 aliphatic heterocycles. The van der Waals surface area contributed by atoms with Gasteiger partial charge < -0.3 is 34.7 Å². The number of anilines is 3. The molecule has 0 radical (unpaired) electrons. The maximum absolute atomic E-state index is 14.2. The smallest absolute Gasteiger partial charge is 0.293 e. The highest BCUT2D eigenvalue weighted by Gasteiger charge is 2.50. The molecule has 1 atom stereocenters. The average molecular weight is 1070 g/mol. The van der Waals surface area contributed by atoms with Gasteiger partial charge in [-0.15, -0.1) is 0 Å². The number of nitrogens with zero attached hydrogens (tertiary/aromatic N) is 6. The van der Waals surface area contributed by atoms with E-state index in [0.29, 0.717) is 49.3 Å². The van der Waals surface area contributed by atoms with E-state index in [9.17, 15) is 28.4 Å². The molecule has 5 aliphatic rings. The van der Waals surface area contributed by atoms with Crippen LogP contribution in [-0.4, -0.2) is 115 Å². The Morgan fingerprint density at radius 1 is 0.961 bits per heavy atom. The van der Waals surface area contributed by atoms with Crippen molar-refractivity contribution in [2.75, 3.05) is 74.6 Å². The Labute approximate surface area is 451 Å². The van der Waals surface area contributed by atoms with Gasteiger partial charge in [-0.05, 0) is 135 Å². The van der Waals surface area contributed by atoms with E-state index in [0.717, 1.165) is 107 Å². The van der Waals surface area contributed by atoms with Gasteiger partial charge >= 0.3 is 0 Å². The summed E-state index contributed by atoms with van der Waals surface area (Å²) in [6, 6.07) is 28.7. The number of rotatable bonds is 15. The van der Waals surface area contributed by atoms with Crippen LogP contribution in [0.1, 0.15) is 111 Å². The van der Waals surface area contributed by atoms with E-state index in [1.54, 1.807) is 30.6 Å². The molecule has 2 saturated carbocycles. The van der Waals surface area contributed by atoms with E-state index in [1.807, 2.05) is 19.1 Å². The second kappa shape index (κ2) is 21.2. The number of pyridine rings is 1. The zero-order chi connectivity index (χ0) is 53.6. The predicted molar refractivity (Wildman–Crippen MR) is 299 cm³/mol. The third-order valence-electron chi connectivity index (χ3n) is 17.3. The second-order valence-electron chi connectivity index (χ2n) is 22.9. The zero-order valence-electron chi connectivity index (χ0n) is 44.5. The molecule has 2 aliphatic carbocycles. The number of likely N-dealkylation sites (N-methyl/N-ethyl adjacent to an activating group) is 1. The number of nitro benzene ring substituents is 1. The van der Waals surface area contributed by atoms with E-state index >= 15 is 0 Å². The largest absolute Gasteiger partial charge is 0.490 e. The van der Waals surface area contributed by atoms with Crippen LogP contribution in [0.3, 0.4) is 0 Å². The molecule has 1 spiro atoms. The summed E-state index contributed by atoms with van der Waals surface area (Å²) in [5.74, 6) is 1.13. The van der Waals surface area contributed by atoms with E-state index in [-0.39, 0.29) is 34.4 Å². The highest BCUT2D eigenvalue weighted by Crippen LogP contribution is 2.54. The Balaban J connectivity index is 0.781. The number of aliphatic hydroxyl groups is 1. The number of para-hydroxylation sites is 1. The Kier molecular flexibility index (Phi) is 14.4. The number of H-pyrrole nitrogens is 1. The van der Waals surface area contributed by atoms with Gasteiger partial charge in [0.2, 0.25) is 0 Å². The first kappa shape index (κ1) is 52.3. The summed E-state index contributed by atoms with van der Waals surface area (Å²) >= 11 is 0. The molecule has 4 aromatic carbocycles. The molecule has 1 amide bonds. The molecule has 18 heteroatoms. The molecule has 0 bridgehead atoms. The van der Waals surface area contributed by atoms with Crippen LogP contribution in [0, 0.1) is 21.4 Å². The maximum atomic E-state index is 14.2. The van der Waals surface area contributed by atoms with Crippen LogP contribution in [-0.2, 0) is 16.6 Å². The highest BCUT2D eigenvalue weighted by atomic mass is 32.2. The number of piperazine rings is 1. The van der Waals surface area contributed by atoms with Crippen molar-refractivity contribution in [3.8, 4) is 17.2 Å². The van der Waals surface area contributed by atoms with E-state index in [1.165, 1.54) is 34.5 Å². The van der Waals surface area contributed by atoms with Crippen molar-refractivity contribution >= 4 is 49.7 Å². The molecule has 6 aromatic rings. The van der Waals surface area contributed by atoms with Crippen LogP contribution < -0.4 is 29.3 Å². The average Bonchev–Trinajstić information content (AvgIpc) is 3.88. The first-order chi connectivity index (χ1) is 37.0. The van der Waals surface area contributed by atoms with Crippen molar-refractivity contribution in [1.29, 1.82) is 0 Å². The number of aromatic amines is 1. The zero-order valence-corrected chi connectivity index (χ0v) is 45.4. The molecule has 2 saturated heterocycles. The summed E-state index contributed by atoms with van der Waals surface area (Å²) in [5, 5.41) is 26.5. The van der Waals surface area contributed by atoms with Gasteiger partial charge in [0.05, 0.1) is 39.4 Å². The van der Waals surface area contributed by atoms with Gasteiger partial charge in [-0.2, -0.15) is 0 Å². The minimum atomic E-state index is -4.59. The Morgan fingerprint density at radius 3 is 2.53 bits per heavy atom. The monoisotopic (exact) mass is 1070 g/mol. The van der Waals surface area contributed by atoms with Crippen molar-refractivity contribution in [2.45, 2.75) is 107 Å². The second-order valence-corrected chi connectivity index (χ2v) is 24.6. The third kappa shape index (κ3) is 11.1. The lowest BCUT2D eigenvalue weighted by Crippen LogP contribution is -2.60. The number of carbonyl (C=O) groups excluding carboxylic acids is 1. The van der Waals surface area contributed by atoms with Crippen LogP contribution in [0.5, 0.6) is 17.2 Å². The normalized spacial score (nSPS) is 22.1. The third-order valence-corrected chi connectivity index (χ3v) is 18.6. The number of sulfonamides is 1. The molecule has 5 heterocycles. The van der Waals surface area contributed by atoms with Crippen LogP contribution >= 0.6 is 0 Å². The van der Waals surface area contributed by atoms with Crippen molar-refractivity contribution < 1.29 is 32.7 Å². The summed E-state index contributed by atoms with van der Waals surface area (Å²) in [4.78, 5) is 43.0. The van der Waals surface area contributed by atoms with E-state index in [4.69, 9.17) is 9.47 Å². The fraction of sp³-hybridized carbons (Fsp3) is 0.458. The molecular formula is C59H71N9O8S. The van der Waals surface area contributed by atoms with Gasteiger partial charge in [-0.25, -0.2) is 18.1 Å². The Bertz CT molecular complexity index is 3260. The number of nitrogens with one attached hydrogen (secondary N) is 3. The maximum Gasteiger partial charge on any atom is 0.293 e. The number of benzene rings is 4. The van der Waals surface area contributed by atoms with Gasteiger partial charge in [0.25, 0.3) is 21.6 Å². The lowest BCUT2D eigenvalue weighted by molar-refractivity contribution is -0.384. The molecule has 4 N–H and O–H groups in total. The molecule has 4 fully saturated rings. The lowest BCUT2D eigenvalue weighted by atomic mass is 9.59. The summed E-state index contributed by atoms with van der Waals surface area (Å²) in [6.45, 7) is 13.9. The van der Waals surface area contributed by atoms with Gasteiger partial charge in [0, 0.05) is 94.3 Å². The van der Waals surface area contributed by atoms with Crippen molar-refractivity contribution in [3.05, 3.63) is 136 Å². The van der Waals surface area contributed by atoms with Crippen molar-refractivity contribution in [2.24, 2.45) is 11.3 Å². The number of carbonyl (C=O) groups is 1. The summed E-state index contributed by atoms with van der Waals surface area (Å²) in [5.41, 5.74) is 6.10. The first-order valence-corrected chi connectivity index (χ1v) is 28.8. The number of fused-ring (bicyclic) bond motifs is 2. The molecule has 406 valence electrons. The Hall–Kier alpha value is -6.73. The summed E-state index contributed by atoms with van der Waals surface area (Å²) in [6.07, 6.45) is 10.4. The predicted octanol–water partition coefficient (Wildman–Crippen LogP) is 10.00. The van der Waals surface area contributed by atoms with Gasteiger partial charge in [-0.3, -0.25) is 24.7 Å². The molecule has 1 unspecified atom stereocenters. The molecule has 11 rings (SSSR count). The number of aromatic nitrogens is 2. The minimum Gasteiger partial charge on any atom is -0.490 e. The number of amides is 1. The Morgan fingerprint density at radius 2 is 1.75 bits per heavy atom. The summed E-state index contributed by atoms with van der Waals surface area (Å²) < 4.78 is 42.4. The van der Waals surface area contributed by atoms with Crippen molar-refractivity contribution in [3.63, 3.8) is 0 Å². The van der Waals surface area contributed by atoms with Crippen LogP contribution in [0.25, 0.3) is 11.0 Å². The van der Waals surface area contributed by atoms with Gasteiger partial charge in [0.15, 0.2) is 0 Å². The van der Waals surface area contributed by atoms with E-state index < -0.39 is 37.0 Å². The van der Waals surface area contributed by atoms with Crippen LogP contribution in [0.15, 0.2) is 108 Å². The van der Waals surface area contributed by atoms with Crippen LogP contribution in [0.4, 0.5) is 22.7 Å². The number of piperidine rings is 1. The molecular weight excluding hydrogens is 995 g/mol. The number of ether oxygens (including phenoxy) is 2. The number of hydrogen-bond acceptors (Lipinski definition) is 14. The van der Waals surface area contributed by atoms with Crippen LogP contribution in [0.2, 0.25) is 0 Å². The topological polar surface area (TPSA) is 199 Å². The SMILES string of the molecule is CC(C)c1ccccc1C1CN(Cc2cccc3c2N(C)CCO3)CCN1C1CC2(CCN(c3ccc(C(=O)NS(=O)(=O)c4ccc(NCC5CCC(C)(O)CC5)c([N+](=O)[O-])c4)c(Oc4cnc5[nH]ccc5c4)c3)CC2)C1. The summed E-state index contributed by atoms with van der Waals surface area (Å²) in [7, 11) is -2.43. The molecule has 17 nitrogen and oxygen atoms in total. The molecule has 2 aromatic heterocycles. The first-order valence-electron chi connectivity index (χ1n) is 27.3. The minimum absolute atomic E-state index is 0.0285. The quantitative estimate of drug-likeness (QED) is 0.0560. The number of hydrogen-bond donors (Lipinski definition) is 4. The number of nitro groups is 1. The fourth-order valence-corrected chi connectivity index (χ4v) is 13.8. The standard InChI is InChI=1S/C59H71N9O8S/c1-39(2)47-9-5-6-10-48(47)52-38-65(37-42-8-7-11-53-55(42)64(4)28-29-75-53)26-27-67(52)44-33-59(34-44)21-24-66(25-22-59)43-12-14-49(54(31-43)76-45-30-41-18-23-60-56(41)62-36-45)57(69)63-77(73,74)46-13-15-50(51(32-46)68(71)72)61-35-40-16-19-58(3,70)20-17-40/h5-15,18,23,30-32,36,39-40,44,52,61,70H,16-17,19-22,24-29,33-35,37-38H2,1-4H3,(H,60,62)(H,63,69). The van der Waals surface area contributed by atoms with Crippen molar-refractivity contribution in [1.82, 2.24) is 24.5 Å². The van der Waals surface area contributed by atoms with Gasteiger partial charge in [0.1, 0.15) is 35.2 Å². The van der Waals surface area contributed by atoms with E-state index in [2.05, 4.69) is 103 Å². The highest BCUT2D eigenvalue weighted by molar-refractivity contribution is 7.90. The van der Waals surface area contributed by atoms with Gasteiger partial charge in [-0.1, -0.05) is 50.2 Å².